The molecule has 2 amide bonds. The van der Waals surface area contributed by atoms with Crippen molar-refractivity contribution < 1.29 is 14.3 Å². The lowest BCUT2D eigenvalue weighted by Gasteiger charge is -2.30. The monoisotopic (exact) mass is 343 g/mol. The lowest BCUT2D eigenvalue weighted by atomic mass is 9.83. The van der Waals surface area contributed by atoms with Gasteiger partial charge >= 0.3 is 0 Å². The number of methoxy groups -OCH3 is 1. The van der Waals surface area contributed by atoms with E-state index in [4.69, 9.17) is 10.00 Å². The molecular weight excluding hydrogens is 318 g/mol. The van der Waals surface area contributed by atoms with Crippen LogP contribution in [0.5, 0.6) is 0 Å². The third-order valence-corrected chi connectivity index (χ3v) is 4.70. The highest BCUT2D eigenvalue weighted by Crippen LogP contribution is 2.29. The van der Waals surface area contributed by atoms with Gasteiger partial charge in [-0.3, -0.25) is 9.59 Å². The van der Waals surface area contributed by atoms with E-state index in [1.807, 2.05) is 12.1 Å². The fourth-order valence-electron chi connectivity index (χ4n) is 3.25. The Morgan fingerprint density at radius 1 is 1.24 bits per heavy atom. The SMILES string of the molecule is COC1CCC(C[C@H](NC(=O)c2ccccc2)C(=O)NCC#N)CC1. The van der Waals surface area contributed by atoms with Gasteiger partial charge in [0.05, 0.1) is 12.2 Å². The second-order valence-electron chi connectivity index (χ2n) is 6.38. The molecule has 1 aromatic rings. The summed E-state index contributed by atoms with van der Waals surface area (Å²) in [5.41, 5.74) is 0.517. The van der Waals surface area contributed by atoms with Gasteiger partial charge in [-0.15, -0.1) is 0 Å². The van der Waals surface area contributed by atoms with Crippen molar-refractivity contribution in [3.63, 3.8) is 0 Å². The Bertz CT molecular complexity index is 604. The predicted molar refractivity (Wildman–Crippen MR) is 93.7 cm³/mol. The van der Waals surface area contributed by atoms with Crippen molar-refractivity contribution >= 4 is 11.8 Å². The number of nitrogens with one attached hydrogen (secondary N) is 2. The second-order valence-corrected chi connectivity index (χ2v) is 6.38. The van der Waals surface area contributed by atoms with Crippen LogP contribution in [0.15, 0.2) is 30.3 Å². The van der Waals surface area contributed by atoms with E-state index in [1.165, 1.54) is 0 Å². The molecule has 1 aliphatic rings. The number of ether oxygens (including phenoxy) is 1. The van der Waals surface area contributed by atoms with Crippen molar-refractivity contribution in [2.24, 2.45) is 5.92 Å². The summed E-state index contributed by atoms with van der Waals surface area (Å²) in [5.74, 6) is -0.219. The Labute approximate surface area is 148 Å². The molecule has 0 aromatic heterocycles. The van der Waals surface area contributed by atoms with Crippen LogP contribution >= 0.6 is 0 Å². The second kappa shape index (κ2) is 9.80. The first-order valence-corrected chi connectivity index (χ1v) is 8.67. The Kier molecular flexibility index (Phi) is 7.42. The summed E-state index contributed by atoms with van der Waals surface area (Å²) in [4.78, 5) is 24.8. The van der Waals surface area contributed by atoms with Crippen LogP contribution in [0.1, 0.15) is 42.5 Å². The molecule has 0 unspecified atom stereocenters. The minimum absolute atomic E-state index is 0.0625. The lowest BCUT2D eigenvalue weighted by molar-refractivity contribution is -0.123. The summed E-state index contributed by atoms with van der Waals surface area (Å²) >= 11 is 0. The van der Waals surface area contributed by atoms with Gasteiger partial charge in [0.15, 0.2) is 0 Å². The Balaban J connectivity index is 1.99. The molecule has 1 aliphatic carbocycles. The molecule has 2 rings (SSSR count). The Morgan fingerprint density at radius 3 is 2.52 bits per heavy atom. The summed E-state index contributed by atoms with van der Waals surface area (Å²) < 4.78 is 5.38. The van der Waals surface area contributed by atoms with Crippen LogP contribution in [-0.4, -0.2) is 37.6 Å². The summed E-state index contributed by atoms with van der Waals surface area (Å²) in [7, 11) is 1.73. The first kappa shape index (κ1) is 18.9. The summed E-state index contributed by atoms with van der Waals surface area (Å²) in [6.07, 6.45) is 4.76. The van der Waals surface area contributed by atoms with E-state index in [0.717, 1.165) is 25.7 Å². The van der Waals surface area contributed by atoms with Crippen molar-refractivity contribution in [1.29, 1.82) is 5.26 Å². The van der Waals surface area contributed by atoms with Crippen molar-refractivity contribution in [2.45, 2.75) is 44.2 Å². The molecule has 1 aromatic carbocycles. The molecule has 25 heavy (non-hydrogen) atoms. The molecule has 0 saturated heterocycles. The number of carbonyl (C=O) groups is 2. The number of rotatable bonds is 7. The van der Waals surface area contributed by atoms with Gasteiger partial charge in [0.25, 0.3) is 5.91 Å². The van der Waals surface area contributed by atoms with E-state index in [2.05, 4.69) is 10.6 Å². The maximum absolute atomic E-state index is 12.4. The Hall–Kier alpha value is -2.39. The van der Waals surface area contributed by atoms with Crippen molar-refractivity contribution in [2.75, 3.05) is 13.7 Å². The molecular formula is C19H25N3O3. The average molecular weight is 343 g/mol. The maximum Gasteiger partial charge on any atom is 0.251 e. The van der Waals surface area contributed by atoms with Crippen LogP contribution in [-0.2, 0) is 9.53 Å². The zero-order valence-corrected chi connectivity index (χ0v) is 14.5. The van der Waals surface area contributed by atoms with E-state index < -0.39 is 6.04 Å². The van der Waals surface area contributed by atoms with Crippen LogP contribution in [0, 0.1) is 17.2 Å². The lowest BCUT2D eigenvalue weighted by Crippen LogP contribution is -2.48. The number of hydrogen-bond donors (Lipinski definition) is 2. The third kappa shape index (κ3) is 5.87. The van der Waals surface area contributed by atoms with Gasteiger partial charge in [-0.1, -0.05) is 18.2 Å². The van der Waals surface area contributed by atoms with Gasteiger partial charge in [0.2, 0.25) is 5.91 Å². The fraction of sp³-hybridized carbons (Fsp3) is 0.526. The number of benzene rings is 1. The molecule has 6 nitrogen and oxygen atoms in total. The molecule has 6 heteroatoms. The third-order valence-electron chi connectivity index (χ3n) is 4.70. The van der Waals surface area contributed by atoms with Crippen molar-refractivity contribution in [3.05, 3.63) is 35.9 Å². The first-order chi connectivity index (χ1) is 12.1. The molecule has 1 saturated carbocycles. The molecule has 0 aliphatic heterocycles. The minimum atomic E-state index is -0.634. The van der Waals surface area contributed by atoms with E-state index in [-0.39, 0.29) is 18.4 Å². The van der Waals surface area contributed by atoms with Crippen molar-refractivity contribution in [3.8, 4) is 6.07 Å². The number of hydrogen-bond acceptors (Lipinski definition) is 4. The van der Waals surface area contributed by atoms with E-state index in [1.54, 1.807) is 31.4 Å². The van der Waals surface area contributed by atoms with Crippen LogP contribution < -0.4 is 10.6 Å². The number of nitrogens with zero attached hydrogens (tertiary/aromatic N) is 1. The molecule has 134 valence electrons. The molecule has 0 radical (unpaired) electrons. The molecule has 0 spiro atoms. The molecule has 1 fully saturated rings. The van der Waals surface area contributed by atoms with Gasteiger partial charge in [0, 0.05) is 12.7 Å². The van der Waals surface area contributed by atoms with Crippen LogP contribution in [0.25, 0.3) is 0 Å². The fourth-order valence-corrected chi connectivity index (χ4v) is 3.25. The standard InChI is InChI=1S/C19H25N3O3/c1-25-16-9-7-14(8-10-16)13-17(19(24)21-12-11-20)22-18(23)15-5-3-2-4-6-15/h2-6,14,16-17H,7-10,12-13H2,1H3,(H,21,24)(H,22,23)/t14?,16?,17-/m0/s1. The van der Waals surface area contributed by atoms with Gasteiger partial charge in [-0.05, 0) is 50.2 Å². The minimum Gasteiger partial charge on any atom is -0.381 e. The topological polar surface area (TPSA) is 91.2 Å². The van der Waals surface area contributed by atoms with Gasteiger partial charge in [-0.2, -0.15) is 5.26 Å². The highest BCUT2D eigenvalue weighted by molar-refractivity contribution is 5.97. The summed E-state index contributed by atoms with van der Waals surface area (Å²) in [5, 5.41) is 14.1. The van der Waals surface area contributed by atoms with Gasteiger partial charge < -0.3 is 15.4 Å². The number of amides is 2. The number of nitriles is 1. The highest BCUT2D eigenvalue weighted by atomic mass is 16.5. The van der Waals surface area contributed by atoms with Crippen molar-refractivity contribution in [1.82, 2.24) is 10.6 Å². The Morgan fingerprint density at radius 2 is 1.92 bits per heavy atom. The van der Waals surface area contributed by atoms with Crippen LogP contribution in [0.3, 0.4) is 0 Å². The zero-order chi connectivity index (χ0) is 18.1. The highest BCUT2D eigenvalue weighted by Gasteiger charge is 2.28. The van der Waals surface area contributed by atoms with E-state index in [0.29, 0.717) is 24.0 Å². The quantitative estimate of drug-likeness (QED) is 0.741. The molecule has 2 N–H and O–H groups in total. The first-order valence-electron chi connectivity index (χ1n) is 8.67. The maximum atomic E-state index is 12.4. The normalized spacial score (nSPS) is 21.0. The number of carbonyl (C=O) groups excluding carboxylic acids is 2. The van der Waals surface area contributed by atoms with Crippen LogP contribution in [0.2, 0.25) is 0 Å². The molecule has 1 atom stereocenters. The summed E-state index contributed by atoms with van der Waals surface area (Å²) in [6, 6.07) is 10.1. The van der Waals surface area contributed by atoms with Gasteiger partial charge in [0.1, 0.15) is 12.6 Å². The van der Waals surface area contributed by atoms with E-state index in [9.17, 15) is 9.59 Å². The van der Waals surface area contributed by atoms with Gasteiger partial charge in [-0.25, -0.2) is 0 Å². The molecule has 0 bridgehead atoms. The van der Waals surface area contributed by atoms with Crippen LogP contribution in [0.4, 0.5) is 0 Å². The zero-order valence-electron chi connectivity index (χ0n) is 14.5. The van der Waals surface area contributed by atoms with E-state index >= 15 is 0 Å². The predicted octanol–water partition coefficient (Wildman–Crippen LogP) is 2.02. The molecule has 0 heterocycles. The average Bonchev–Trinajstić information content (AvgIpc) is 2.66. The summed E-state index contributed by atoms with van der Waals surface area (Å²) in [6.45, 7) is -0.0625. The smallest absolute Gasteiger partial charge is 0.251 e. The largest absolute Gasteiger partial charge is 0.381 e.